The van der Waals surface area contributed by atoms with E-state index < -0.39 is 5.60 Å². The van der Waals surface area contributed by atoms with Crippen molar-refractivity contribution in [3.8, 4) is 0 Å². The quantitative estimate of drug-likeness (QED) is 0.782. The van der Waals surface area contributed by atoms with E-state index in [2.05, 4.69) is 18.0 Å². The Morgan fingerprint density at radius 2 is 2.24 bits per heavy atom. The summed E-state index contributed by atoms with van der Waals surface area (Å²) in [4.78, 5) is 18.6. The van der Waals surface area contributed by atoms with E-state index in [0.29, 0.717) is 0 Å². The number of likely N-dealkylation sites (tertiary alicyclic amines) is 1. The number of nitrogens with zero attached hydrogens (tertiary/aromatic N) is 2. The average Bonchev–Trinajstić information content (AvgIpc) is 2.87. The lowest BCUT2D eigenvalue weighted by atomic mass is 10.1. The fourth-order valence-electron chi connectivity index (χ4n) is 2.47. The smallest absolute Gasteiger partial charge is 0.410 e. The predicted octanol–water partition coefficient (Wildman–Crippen LogP) is 4.27. The zero-order valence-corrected chi connectivity index (χ0v) is 14.1. The second-order valence-electron chi connectivity index (χ2n) is 6.19. The molecule has 0 radical (unpaired) electrons. The van der Waals surface area contributed by atoms with Crippen molar-refractivity contribution in [2.24, 2.45) is 0 Å². The fraction of sp³-hybridized carbons (Fsp3) is 0.625. The Morgan fingerprint density at radius 3 is 2.81 bits per heavy atom. The number of carbonyl (C=O) groups excluding carboxylic acids is 1. The molecular weight excluding hydrogens is 284 g/mol. The van der Waals surface area contributed by atoms with E-state index in [0.717, 1.165) is 35.7 Å². The van der Waals surface area contributed by atoms with Gasteiger partial charge >= 0.3 is 6.09 Å². The van der Waals surface area contributed by atoms with E-state index in [1.165, 1.54) is 0 Å². The zero-order chi connectivity index (χ0) is 15.5. The lowest BCUT2D eigenvalue weighted by molar-refractivity contribution is 0.0224. The van der Waals surface area contributed by atoms with Gasteiger partial charge in [-0.3, -0.25) is 0 Å². The van der Waals surface area contributed by atoms with Crippen molar-refractivity contribution in [2.75, 3.05) is 12.3 Å². The number of aromatic nitrogens is 1. The molecule has 0 N–H and O–H groups in total. The Morgan fingerprint density at radius 1 is 1.48 bits per heavy atom. The molecule has 1 aromatic heterocycles. The summed E-state index contributed by atoms with van der Waals surface area (Å²) in [6.07, 6.45) is 3.65. The standard InChI is InChI=1S/C16H24N2O2S/c1-5-21-14-9-8-12(11-17-14)13-7-6-10-18(13)15(19)20-16(2,3)4/h8-9,11,13H,5-7,10H2,1-4H3/t13-/m0/s1. The molecular formula is C16H24N2O2S. The second-order valence-corrected chi connectivity index (χ2v) is 7.48. The lowest BCUT2D eigenvalue weighted by Crippen LogP contribution is -2.36. The highest BCUT2D eigenvalue weighted by atomic mass is 32.2. The van der Waals surface area contributed by atoms with Crippen LogP contribution >= 0.6 is 11.8 Å². The summed E-state index contributed by atoms with van der Waals surface area (Å²) in [5.74, 6) is 1.01. The number of carbonyl (C=O) groups is 1. The molecule has 1 atom stereocenters. The van der Waals surface area contributed by atoms with Gasteiger partial charge in [0.25, 0.3) is 0 Å². The molecule has 0 bridgehead atoms. The third kappa shape index (κ3) is 4.37. The maximum absolute atomic E-state index is 12.3. The van der Waals surface area contributed by atoms with E-state index in [1.54, 1.807) is 11.8 Å². The van der Waals surface area contributed by atoms with Crippen LogP contribution in [0.1, 0.15) is 52.1 Å². The number of ether oxygens (including phenoxy) is 1. The van der Waals surface area contributed by atoms with Crippen LogP contribution in [0.2, 0.25) is 0 Å². The molecule has 2 rings (SSSR count). The molecule has 1 fully saturated rings. The third-order valence-electron chi connectivity index (χ3n) is 3.32. The van der Waals surface area contributed by atoms with Gasteiger partial charge in [0, 0.05) is 12.7 Å². The summed E-state index contributed by atoms with van der Waals surface area (Å²) in [6, 6.07) is 4.21. The molecule has 0 aromatic carbocycles. The van der Waals surface area contributed by atoms with Gasteiger partial charge < -0.3 is 9.64 Å². The van der Waals surface area contributed by atoms with Crippen LogP contribution in [0.3, 0.4) is 0 Å². The maximum Gasteiger partial charge on any atom is 0.410 e. The average molecular weight is 308 g/mol. The summed E-state index contributed by atoms with van der Waals surface area (Å²) in [5.41, 5.74) is 0.642. The highest BCUT2D eigenvalue weighted by Crippen LogP contribution is 2.33. The van der Waals surface area contributed by atoms with Crippen molar-refractivity contribution in [3.63, 3.8) is 0 Å². The Kier molecular flexibility index (Phi) is 5.14. The molecule has 0 saturated carbocycles. The minimum Gasteiger partial charge on any atom is -0.444 e. The van der Waals surface area contributed by atoms with Gasteiger partial charge in [0.2, 0.25) is 0 Å². The first-order valence-corrected chi connectivity index (χ1v) is 8.47. The van der Waals surface area contributed by atoms with Crippen molar-refractivity contribution in [2.45, 2.75) is 57.2 Å². The molecule has 1 aromatic rings. The Hall–Kier alpha value is -1.23. The first-order valence-electron chi connectivity index (χ1n) is 7.49. The van der Waals surface area contributed by atoms with E-state index >= 15 is 0 Å². The molecule has 1 aliphatic heterocycles. The fourth-order valence-corrected chi connectivity index (χ4v) is 3.06. The first-order chi connectivity index (χ1) is 9.90. The molecule has 1 aliphatic rings. The second kappa shape index (κ2) is 6.69. The van der Waals surface area contributed by atoms with E-state index in [9.17, 15) is 4.79 Å². The molecule has 1 saturated heterocycles. The number of hydrogen-bond donors (Lipinski definition) is 0. The number of amides is 1. The zero-order valence-electron chi connectivity index (χ0n) is 13.3. The summed E-state index contributed by atoms with van der Waals surface area (Å²) >= 11 is 1.73. The Bertz CT molecular complexity index is 482. The molecule has 1 amide bonds. The lowest BCUT2D eigenvalue weighted by Gasteiger charge is -2.28. The third-order valence-corrected chi connectivity index (χ3v) is 4.14. The number of thioether (sulfide) groups is 1. The largest absolute Gasteiger partial charge is 0.444 e. The normalized spacial score (nSPS) is 18.9. The molecule has 0 unspecified atom stereocenters. The number of hydrogen-bond acceptors (Lipinski definition) is 4. The minimum absolute atomic E-state index is 0.0908. The summed E-state index contributed by atoms with van der Waals surface area (Å²) in [6.45, 7) is 8.56. The molecule has 2 heterocycles. The van der Waals surface area contributed by atoms with E-state index in [4.69, 9.17) is 4.74 Å². The molecule has 4 nitrogen and oxygen atoms in total. The molecule has 116 valence electrons. The summed E-state index contributed by atoms with van der Waals surface area (Å²) in [7, 11) is 0. The molecule has 21 heavy (non-hydrogen) atoms. The molecule has 0 aliphatic carbocycles. The van der Waals surface area contributed by atoms with Crippen molar-refractivity contribution < 1.29 is 9.53 Å². The summed E-state index contributed by atoms with van der Waals surface area (Å²) < 4.78 is 5.50. The van der Waals surface area contributed by atoms with Gasteiger partial charge in [0.1, 0.15) is 5.60 Å². The summed E-state index contributed by atoms with van der Waals surface area (Å²) in [5, 5.41) is 1.03. The van der Waals surface area contributed by atoms with Crippen molar-refractivity contribution >= 4 is 17.9 Å². The van der Waals surface area contributed by atoms with Crippen LogP contribution in [0.25, 0.3) is 0 Å². The number of rotatable bonds is 3. The molecule has 0 spiro atoms. The Labute approximate surface area is 131 Å². The van der Waals surface area contributed by atoms with E-state index in [-0.39, 0.29) is 12.1 Å². The maximum atomic E-state index is 12.3. The highest BCUT2D eigenvalue weighted by molar-refractivity contribution is 7.99. The van der Waals surface area contributed by atoms with Gasteiger partial charge in [-0.2, -0.15) is 0 Å². The molecule has 5 heteroatoms. The van der Waals surface area contributed by atoms with Crippen LogP contribution in [0, 0.1) is 0 Å². The van der Waals surface area contributed by atoms with Gasteiger partial charge in [-0.05, 0) is 51.0 Å². The van der Waals surface area contributed by atoms with Crippen LogP contribution in [-0.4, -0.2) is 33.9 Å². The predicted molar refractivity (Wildman–Crippen MR) is 85.6 cm³/mol. The minimum atomic E-state index is -0.454. The van der Waals surface area contributed by atoms with Crippen molar-refractivity contribution in [1.29, 1.82) is 0 Å². The van der Waals surface area contributed by atoms with Crippen molar-refractivity contribution in [1.82, 2.24) is 9.88 Å². The Balaban J connectivity index is 2.09. The van der Waals surface area contributed by atoms with Gasteiger partial charge in [-0.25, -0.2) is 9.78 Å². The monoisotopic (exact) mass is 308 g/mol. The number of pyridine rings is 1. The van der Waals surface area contributed by atoms with Gasteiger partial charge in [-0.1, -0.05) is 13.0 Å². The van der Waals surface area contributed by atoms with Gasteiger partial charge in [0.15, 0.2) is 0 Å². The van der Waals surface area contributed by atoms with Crippen LogP contribution < -0.4 is 0 Å². The van der Waals surface area contributed by atoms with Gasteiger partial charge in [-0.15, -0.1) is 11.8 Å². The van der Waals surface area contributed by atoms with Crippen LogP contribution in [-0.2, 0) is 4.74 Å². The highest BCUT2D eigenvalue weighted by Gasteiger charge is 2.33. The van der Waals surface area contributed by atoms with Crippen LogP contribution in [0.5, 0.6) is 0 Å². The van der Waals surface area contributed by atoms with Gasteiger partial charge in [0.05, 0.1) is 11.1 Å². The van der Waals surface area contributed by atoms with Crippen LogP contribution in [0.15, 0.2) is 23.4 Å². The topological polar surface area (TPSA) is 42.4 Å². The van der Waals surface area contributed by atoms with Crippen LogP contribution in [0.4, 0.5) is 4.79 Å². The SMILES string of the molecule is CCSc1ccc([C@@H]2CCCN2C(=O)OC(C)(C)C)cn1. The van der Waals surface area contributed by atoms with Crippen molar-refractivity contribution in [3.05, 3.63) is 23.9 Å². The van der Waals surface area contributed by atoms with E-state index in [1.807, 2.05) is 37.9 Å². The first kappa shape index (κ1) is 16.1.